The zero-order chi connectivity index (χ0) is 54.8. The number of nitrogens with two attached hydrogens (primary N) is 1. The monoisotopic (exact) mass is 1090 g/mol. The number of benzene rings is 2. The van der Waals surface area contributed by atoms with Gasteiger partial charge in [0.1, 0.15) is 82.6 Å². The normalized spacial score (nSPS) is 25.9. The molecular weight excluding hydrogens is 1040 g/mol. The summed E-state index contributed by atoms with van der Waals surface area (Å²) in [5.74, 6) is -2.66. The molecule has 2 unspecified atom stereocenters. The third-order valence-corrected chi connectivity index (χ3v) is 15.2. The fourth-order valence-corrected chi connectivity index (χ4v) is 11.1. The van der Waals surface area contributed by atoms with Crippen molar-refractivity contribution in [3.63, 3.8) is 0 Å². The number of esters is 2. The Morgan fingerprint density at radius 1 is 0.773 bits per heavy atom. The van der Waals surface area contributed by atoms with E-state index in [1.54, 1.807) is 36.4 Å². The van der Waals surface area contributed by atoms with Crippen LogP contribution in [0.25, 0.3) is 22.1 Å². The van der Waals surface area contributed by atoms with E-state index in [1.807, 2.05) is 0 Å². The van der Waals surface area contributed by atoms with E-state index in [1.165, 1.54) is 70.6 Å². The fourth-order valence-electron chi connectivity index (χ4n) is 8.09. The predicted molar refractivity (Wildman–Crippen MR) is 259 cm³/mol. The van der Waals surface area contributed by atoms with Crippen molar-refractivity contribution in [2.45, 2.75) is 94.8 Å². The van der Waals surface area contributed by atoms with E-state index in [9.17, 15) is 52.7 Å². The third-order valence-electron chi connectivity index (χ3n) is 11.9. The van der Waals surface area contributed by atoms with Crippen molar-refractivity contribution in [1.29, 1.82) is 0 Å². The summed E-state index contributed by atoms with van der Waals surface area (Å²) >= 11 is 0. The van der Waals surface area contributed by atoms with Gasteiger partial charge in [0, 0.05) is 12.4 Å². The van der Waals surface area contributed by atoms with E-state index in [4.69, 9.17) is 33.3 Å². The number of nitrogens with zero attached hydrogens (tertiary/aromatic N) is 5. The molecule has 12 atom stereocenters. The molecule has 6 aromatic rings. The molecule has 4 aromatic heterocycles. The molecule has 2 fully saturated rings. The number of carbonyl (C=O) groups is 2. The molecule has 2 aliphatic rings. The number of nitrogen functional groups attached to an aromatic ring is 1. The van der Waals surface area contributed by atoms with Crippen LogP contribution in [0.3, 0.4) is 0 Å². The van der Waals surface area contributed by atoms with Gasteiger partial charge in [-0.2, -0.15) is 10.2 Å². The van der Waals surface area contributed by atoms with E-state index in [2.05, 4.69) is 39.6 Å². The van der Waals surface area contributed by atoms with E-state index in [-0.39, 0.29) is 45.2 Å². The molecule has 0 aliphatic carbocycles. The standard InChI is InChI=1S/C23H28FN4O9P.C22H27FN5O8P/c1-12(21(31)34-4)27-38(33,37-14-8-6-5-7-9-14)35-11-16-18(29)23(3,32)22(36-16)28-10-15(24)17-19(28)25-13(2)26-20(17)30;1-12(20(30)33-3)27-37(32,36-13-7-5-4-6-8-13)34-10-15-17(29)22(2,31)21(35-15)28-9-14(23)16-18(24)25-11-26-19(16)28/h5-10,12,16,18,22,29,32H,11H2,1-4H3,(H,27,33)(H,25,26,30);4-9,11-12,15,17,21,29,31H,10H2,1-3H3,(H,27,32)(H2,24,25,26)/t12-,16+,18+,22+,23+,38?;12-,15+,17+,21+,22+,37?/m00/s1. The third kappa shape index (κ3) is 12.1. The van der Waals surface area contributed by atoms with E-state index < -0.39 is 118 Å². The van der Waals surface area contributed by atoms with Crippen LogP contribution in [-0.2, 0) is 46.7 Å². The lowest BCUT2D eigenvalue weighted by atomic mass is 9.96. The maximum absolute atomic E-state index is 14.6. The fraction of sp³-hybridized carbons (Fsp3) is 0.422. The smallest absolute Gasteiger partial charge is 0.459 e. The first kappa shape index (κ1) is 56.5. The second-order valence-electron chi connectivity index (χ2n) is 17.6. The predicted octanol–water partition coefficient (Wildman–Crippen LogP) is 3.05. The van der Waals surface area contributed by atoms with Crippen molar-refractivity contribution >= 4 is 55.3 Å². The van der Waals surface area contributed by atoms with Crippen molar-refractivity contribution in [3.8, 4) is 11.5 Å². The quantitative estimate of drug-likeness (QED) is 0.0453. The van der Waals surface area contributed by atoms with Gasteiger partial charge >= 0.3 is 27.4 Å². The van der Waals surface area contributed by atoms with Crippen molar-refractivity contribution in [3.05, 3.63) is 107 Å². The summed E-state index contributed by atoms with van der Waals surface area (Å²) in [5.41, 5.74) is 1.01. The minimum atomic E-state index is -4.27. The number of ether oxygens (including phenoxy) is 4. The summed E-state index contributed by atoms with van der Waals surface area (Å²) in [6, 6.07) is 13.9. The topological polar surface area (TPSA) is 355 Å². The Hall–Kier alpha value is -6.26. The van der Waals surface area contributed by atoms with Crippen LogP contribution in [0.4, 0.5) is 14.6 Å². The molecule has 406 valence electrons. The van der Waals surface area contributed by atoms with E-state index in [0.29, 0.717) is 0 Å². The Morgan fingerprint density at radius 3 is 1.64 bits per heavy atom. The number of hydrogen-bond acceptors (Lipinski definition) is 21. The van der Waals surface area contributed by atoms with Crippen LogP contribution in [-0.4, -0.2) is 137 Å². The zero-order valence-corrected chi connectivity index (χ0v) is 42.9. The summed E-state index contributed by atoms with van der Waals surface area (Å²) in [5, 5.41) is 48.4. The molecule has 0 saturated carbocycles. The molecule has 2 aliphatic heterocycles. The lowest BCUT2D eigenvalue weighted by Gasteiger charge is -2.27. The minimum absolute atomic E-state index is 0.0377. The second-order valence-corrected chi connectivity index (χ2v) is 21.0. The number of aromatic amines is 1. The van der Waals surface area contributed by atoms with Crippen molar-refractivity contribution in [2.75, 3.05) is 33.2 Å². The lowest BCUT2D eigenvalue weighted by Crippen LogP contribution is -2.44. The van der Waals surface area contributed by atoms with Crippen molar-refractivity contribution in [1.82, 2.24) is 39.2 Å². The number of rotatable bonds is 18. The van der Waals surface area contributed by atoms with Crippen LogP contribution in [0.5, 0.6) is 11.5 Å². The second kappa shape index (κ2) is 22.5. The largest absolute Gasteiger partial charge is 0.468 e. The molecule has 30 heteroatoms. The van der Waals surface area contributed by atoms with Crippen LogP contribution in [0, 0.1) is 18.6 Å². The van der Waals surface area contributed by atoms with Gasteiger partial charge in [0.25, 0.3) is 5.56 Å². The van der Waals surface area contributed by atoms with Crippen LogP contribution >= 0.6 is 15.5 Å². The van der Waals surface area contributed by atoms with Gasteiger partial charge in [0.05, 0.1) is 32.8 Å². The number of H-pyrrole nitrogens is 1. The minimum Gasteiger partial charge on any atom is -0.468 e. The average molecular weight is 1090 g/mol. The highest BCUT2D eigenvalue weighted by atomic mass is 31.2. The number of anilines is 1. The summed E-state index contributed by atoms with van der Waals surface area (Å²) in [6.45, 7) is 5.71. The number of methoxy groups -OCH3 is 2. The molecule has 75 heavy (non-hydrogen) atoms. The first-order valence-electron chi connectivity index (χ1n) is 22.7. The highest BCUT2D eigenvalue weighted by molar-refractivity contribution is 7.52. The first-order chi connectivity index (χ1) is 35.3. The molecule has 0 spiro atoms. The molecule has 9 N–H and O–H groups in total. The Kier molecular flexibility index (Phi) is 17.0. The van der Waals surface area contributed by atoms with E-state index >= 15 is 0 Å². The molecule has 2 saturated heterocycles. The highest BCUT2D eigenvalue weighted by Crippen LogP contribution is 2.49. The summed E-state index contributed by atoms with van der Waals surface area (Å²) < 4.78 is 102. The first-order valence-corrected chi connectivity index (χ1v) is 25.8. The molecule has 0 radical (unpaired) electrons. The maximum atomic E-state index is 14.6. The Morgan fingerprint density at radius 2 is 1.20 bits per heavy atom. The number of aliphatic hydroxyl groups is 4. The molecule has 0 amide bonds. The lowest BCUT2D eigenvalue weighted by molar-refractivity contribution is -0.143. The number of nitrogens with one attached hydrogen (secondary N) is 3. The van der Waals surface area contributed by atoms with Gasteiger partial charge in [-0.05, 0) is 58.9 Å². The Labute approximate surface area is 425 Å². The van der Waals surface area contributed by atoms with E-state index in [0.717, 1.165) is 30.4 Å². The summed E-state index contributed by atoms with van der Waals surface area (Å²) in [4.78, 5) is 50.4. The molecule has 2 aromatic carbocycles. The van der Waals surface area contributed by atoms with Crippen LogP contribution < -0.4 is 30.5 Å². The van der Waals surface area contributed by atoms with Gasteiger partial charge in [-0.3, -0.25) is 32.6 Å². The van der Waals surface area contributed by atoms with Gasteiger partial charge in [-0.25, -0.2) is 32.9 Å². The van der Waals surface area contributed by atoms with Gasteiger partial charge in [-0.1, -0.05) is 36.4 Å². The van der Waals surface area contributed by atoms with Gasteiger partial charge < -0.3 is 59.1 Å². The number of fused-ring (bicyclic) bond motifs is 2. The average Bonchev–Trinajstić information content (AvgIpc) is 4.02. The number of aliphatic hydroxyl groups excluding tert-OH is 2. The number of para-hydroxylation sites is 2. The van der Waals surface area contributed by atoms with Crippen LogP contribution in [0.1, 0.15) is 46.0 Å². The SMILES string of the molecule is COC(=O)[C@H](C)NP(=O)(OC[C@H]1O[C@@H](n2cc(F)c3c(=O)[nH]c(C)nc32)[C@](C)(O)[C@@H]1O)Oc1ccccc1.COC(=O)[C@H](C)NP(=O)(OC[C@H]1O[C@@H](n2cc(F)c3c(N)ncnc32)[C@](C)(O)[C@@H]1O)Oc1ccccc1. The Balaban J connectivity index is 0.000000219. The Bertz CT molecular complexity index is 3170. The van der Waals surface area contributed by atoms with Gasteiger partial charge in [0.2, 0.25) is 0 Å². The number of aromatic nitrogens is 6. The number of carbonyl (C=O) groups excluding carboxylic acids is 2. The number of halogens is 2. The van der Waals surface area contributed by atoms with Gasteiger partial charge in [-0.15, -0.1) is 0 Å². The van der Waals surface area contributed by atoms with Crippen LogP contribution in [0.2, 0.25) is 0 Å². The highest BCUT2D eigenvalue weighted by Gasteiger charge is 2.56. The van der Waals surface area contributed by atoms with Gasteiger partial charge in [0.15, 0.2) is 35.4 Å². The molecule has 0 bridgehead atoms. The summed E-state index contributed by atoms with van der Waals surface area (Å²) in [6.07, 6.45) is -5.36. The van der Waals surface area contributed by atoms with Crippen molar-refractivity contribution < 1.29 is 85.0 Å². The molecule has 8 rings (SSSR count). The number of hydrogen-bond donors (Lipinski definition) is 8. The zero-order valence-electron chi connectivity index (χ0n) is 41.1. The molecule has 6 heterocycles. The van der Waals surface area contributed by atoms with Crippen molar-refractivity contribution in [2.24, 2.45) is 0 Å². The van der Waals surface area contributed by atoms with Crippen LogP contribution in [0.15, 0.2) is 84.2 Å². The number of aryl methyl sites for hydroxylation is 1. The molecule has 26 nitrogen and oxygen atoms in total. The maximum Gasteiger partial charge on any atom is 0.459 e. The molecular formula is C45H55F2N9O17P2. The summed E-state index contributed by atoms with van der Waals surface area (Å²) in [7, 11) is -6.19.